The van der Waals surface area contributed by atoms with Crippen molar-refractivity contribution in [1.29, 1.82) is 0 Å². The number of hydrogen-bond donors (Lipinski definition) is 3. The molecule has 4 fully saturated rings. The van der Waals surface area contributed by atoms with Crippen molar-refractivity contribution >= 4 is 28.9 Å². The summed E-state index contributed by atoms with van der Waals surface area (Å²) in [5.74, 6) is -1.64. The third-order valence-electron chi connectivity index (χ3n) is 11.7. The number of allylic oxidation sites excluding steroid dienone is 4. The van der Waals surface area contributed by atoms with Crippen LogP contribution in [0.4, 0.5) is 10.1 Å². The molecule has 4 N–H and O–H groups in total. The largest absolute Gasteiger partial charge is 0.398 e. The molecular weight excluding hydrogens is 585 g/mol. The molecule has 0 unspecified atom stereocenters. The van der Waals surface area contributed by atoms with E-state index in [4.69, 9.17) is 26.8 Å². The highest BCUT2D eigenvalue weighted by Gasteiger charge is 2.79. The number of anilines is 1. The first-order valence-corrected chi connectivity index (χ1v) is 15.7. The highest BCUT2D eigenvalue weighted by molar-refractivity contribution is 6.33. The summed E-state index contributed by atoms with van der Waals surface area (Å²) in [5.41, 5.74) is 4.23. The third kappa shape index (κ3) is 3.88. The van der Waals surface area contributed by atoms with Gasteiger partial charge in [-0.25, -0.2) is 4.39 Å². The Morgan fingerprint density at radius 1 is 1.14 bits per heavy atom. The van der Waals surface area contributed by atoms with Crippen LogP contribution in [0.2, 0.25) is 5.02 Å². The minimum absolute atomic E-state index is 0.0448. The van der Waals surface area contributed by atoms with Crippen LogP contribution in [0.15, 0.2) is 66.3 Å². The molecule has 7 rings (SSSR count). The highest BCUT2D eigenvalue weighted by Crippen LogP contribution is 2.72. The van der Waals surface area contributed by atoms with E-state index in [0.29, 0.717) is 42.0 Å². The Morgan fingerprint density at radius 2 is 1.86 bits per heavy atom. The molecule has 1 heterocycles. The van der Waals surface area contributed by atoms with Crippen molar-refractivity contribution in [2.75, 3.05) is 12.3 Å². The van der Waals surface area contributed by atoms with Crippen molar-refractivity contribution in [3.63, 3.8) is 0 Å². The van der Waals surface area contributed by atoms with E-state index < -0.39 is 58.9 Å². The number of halogens is 2. The number of ether oxygens (including phenoxy) is 2. The van der Waals surface area contributed by atoms with Gasteiger partial charge < -0.3 is 25.4 Å². The molecule has 232 valence electrons. The fourth-order valence-corrected chi connectivity index (χ4v) is 9.57. The molecule has 1 aliphatic heterocycles. The van der Waals surface area contributed by atoms with Crippen molar-refractivity contribution < 1.29 is 33.7 Å². The Kier molecular flexibility index (Phi) is 6.82. The molecule has 0 amide bonds. The van der Waals surface area contributed by atoms with Crippen molar-refractivity contribution in [3.05, 3.63) is 88.0 Å². The number of carbonyl (C=O) groups is 2. The lowest BCUT2D eigenvalue weighted by Gasteiger charge is -2.62. The molecule has 2 aromatic carbocycles. The number of nitrogens with two attached hydrogens (primary N) is 1. The van der Waals surface area contributed by atoms with Crippen LogP contribution in [-0.4, -0.2) is 51.9 Å². The fourth-order valence-electron chi connectivity index (χ4n) is 9.45. The van der Waals surface area contributed by atoms with Crippen molar-refractivity contribution in [2.45, 2.75) is 75.7 Å². The molecule has 1 saturated heterocycles. The van der Waals surface area contributed by atoms with Gasteiger partial charge in [-0.1, -0.05) is 60.5 Å². The van der Waals surface area contributed by atoms with Crippen LogP contribution in [0.3, 0.4) is 0 Å². The first kappa shape index (κ1) is 29.8. The van der Waals surface area contributed by atoms with Crippen LogP contribution in [-0.2, 0) is 25.5 Å². The standard InChI is InChI=1S/C35H37ClFNO6/c1-32-12-11-23(40)15-22(32)8-9-24-25-16-30-35(29(42)18-39,33(25,2)17-28(41)34(24,32)37)44-31(43-30)21-6-3-19(4-7-21)13-20-5-10-26(36)27(38)14-20/h3-7,10-12,14-15,24-25,28,30-31,39,41H,8-9,13,16-18,38H2,1-2H3/t24-,25-,28-,30+,31-,32-,33-,34-,35+/m0/s1. The van der Waals surface area contributed by atoms with E-state index in [0.717, 1.165) is 16.7 Å². The normalized spacial score (nSPS) is 40.5. The Hall–Kier alpha value is -2.88. The summed E-state index contributed by atoms with van der Waals surface area (Å²) in [5, 5.41) is 22.4. The molecule has 0 spiro atoms. The van der Waals surface area contributed by atoms with Crippen LogP contribution in [0.5, 0.6) is 0 Å². The van der Waals surface area contributed by atoms with Gasteiger partial charge in [0.1, 0.15) is 6.61 Å². The van der Waals surface area contributed by atoms with Crippen molar-refractivity contribution in [3.8, 4) is 0 Å². The van der Waals surface area contributed by atoms with Crippen LogP contribution in [0, 0.1) is 22.7 Å². The van der Waals surface area contributed by atoms with E-state index >= 15 is 4.39 Å². The summed E-state index contributed by atoms with van der Waals surface area (Å²) in [6, 6.07) is 13.3. The predicted molar refractivity (Wildman–Crippen MR) is 162 cm³/mol. The number of aliphatic hydroxyl groups is 2. The molecule has 9 heteroatoms. The molecule has 2 aromatic rings. The lowest BCUT2D eigenvalue weighted by atomic mass is 9.44. The average Bonchev–Trinajstić information content (AvgIpc) is 3.49. The maximum atomic E-state index is 17.5. The van der Waals surface area contributed by atoms with Crippen LogP contribution < -0.4 is 5.73 Å². The minimum atomic E-state index is -2.04. The molecule has 5 aliphatic rings. The van der Waals surface area contributed by atoms with Gasteiger partial charge in [0.15, 0.2) is 29.1 Å². The molecule has 44 heavy (non-hydrogen) atoms. The summed E-state index contributed by atoms with van der Waals surface area (Å²) in [6.45, 7) is 2.89. The summed E-state index contributed by atoms with van der Waals surface area (Å²) < 4.78 is 30.6. The van der Waals surface area contributed by atoms with E-state index in [1.807, 2.05) is 43.3 Å². The molecule has 3 saturated carbocycles. The number of rotatable bonds is 5. The number of nitrogen functional groups attached to an aromatic ring is 1. The molecule has 0 bridgehead atoms. The number of benzene rings is 2. The van der Waals surface area contributed by atoms with Gasteiger partial charge in [-0.3, -0.25) is 9.59 Å². The Bertz CT molecular complexity index is 1610. The van der Waals surface area contributed by atoms with Crippen molar-refractivity contribution in [1.82, 2.24) is 0 Å². The summed E-state index contributed by atoms with van der Waals surface area (Å²) >= 11 is 6.06. The number of carbonyl (C=O) groups excluding carboxylic acids is 2. The summed E-state index contributed by atoms with van der Waals surface area (Å²) in [4.78, 5) is 25.9. The predicted octanol–water partition coefficient (Wildman–Crippen LogP) is 5.21. The smallest absolute Gasteiger partial charge is 0.193 e. The van der Waals surface area contributed by atoms with E-state index in [1.165, 1.54) is 12.2 Å². The third-order valence-corrected chi connectivity index (χ3v) is 12.0. The zero-order valence-corrected chi connectivity index (χ0v) is 25.5. The first-order chi connectivity index (χ1) is 20.9. The van der Waals surface area contributed by atoms with Gasteiger partial charge in [-0.2, -0.15) is 0 Å². The minimum Gasteiger partial charge on any atom is -0.398 e. The molecule has 4 aliphatic carbocycles. The van der Waals surface area contributed by atoms with Gasteiger partial charge in [-0.15, -0.1) is 0 Å². The van der Waals surface area contributed by atoms with Gasteiger partial charge >= 0.3 is 0 Å². The second-order valence-corrected chi connectivity index (χ2v) is 14.1. The number of fused-ring (bicyclic) bond motifs is 7. The molecular formula is C35H37ClFNO6. The van der Waals surface area contributed by atoms with Gasteiger partial charge in [0.05, 0.1) is 22.9 Å². The Labute approximate surface area is 260 Å². The molecule has 7 nitrogen and oxygen atoms in total. The highest BCUT2D eigenvalue weighted by atomic mass is 35.5. The number of hydrogen-bond acceptors (Lipinski definition) is 7. The molecule has 0 aromatic heterocycles. The lowest BCUT2D eigenvalue weighted by Crippen LogP contribution is -2.69. The SMILES string of the molecule is C[C@]12C=CC(=O)C=C1CC[C@H]1[C@@H]3C[C@H]4O[C@H](c5ccc(Cc6ccc(Cl)c(N)c6)cc5)O[C@@]4(C(=O)CO)[C@@]3(C)C[C@H](O)[C@@]12F. The van der Waals surface area contributed by atoms with Crippen LogP contribution in [0.25, 0.3) is 0 Å². The first-order valence-electron chi connectivity index (χ1n) is 15.3. The van der Waals surface area contributed by atoms with Gasteiger partial charge in [0.2, 0.25) is 0 Å². The van der Waals surface area contributed by atoms with E-state index in [9.17, 15) is 19.8 Å². The number of alkyl halides is 1. The zero-order chi connectivity index (χ0) is 31.2. The van der Waals surface area contributed by atoms with Crippen molar-refractivity contribution in [2.24, 2.45) is 22.7 Å². The Morgan fingerprint density at radius 3 is 2.57 bits per heavy atom. The summed E-state index contributed by atoms with van der Waals surface area (Å²) in [7, 11) is 0. The fraction of sp³-hybridized carbons (Fsp3) is 0.486. The molecule has 9 atom stereocenters. The maximum Gasteiger partial charge on any atom is 0.193 e. The zero-order valence-electron chi connectivity index (χ0n) is 24.8. The average molecular weight is 622 g/mol. The Balaban J connectivity index is 1.19. The lowest BCUT2D eigenvalue weighted by molar-refractivity contribution is -0.231. The van der Waals surface area contributed by atoms with Gasteiger partial charge in [0, 0.05) is 22.3 Å². The van der Waals surface area contributed by atoms with E-state index in [2.05, 4.69) is 0 Å². The van der Waals surface area contributed by atoms with E-state index in [1.54, 1.807) is 19.1 Å². The maximum absolute atomic E-state index is 17.5. The monoisotopic (exact) mass is 621 g/mol. The second kappa shape index (κ2) is 10.1. The molecule has 0 radical (unpaired) electrons. The number of aliphatic hydroxyl groups excluding tert-OH is 2. The van der Waals surface area contributed by atoms with Gasteiger partial charge in [0.25, 0.3) is 0 Å². The number of Topliss-reactive ketones (excluding diaryl/α,β-unsaturated/α-hetero) is 1. The number of ketones is 2. The van der Waals surface area contributed by atoms with Gasteiger partial charge in [-0.05, 0) is 80.4 Å². The van der Waals surface area contributed by atoms with E-state index in [-0.39, 0.29) is 18.1 Å². The second-order valence-electron chi connectivity index (χ2n) is 13.7. The summed E-state index contributed by atoms with van der Waals surface area (Å²) in [6.07, 6.45) is 3.40. The van der Waals surface area contributed by atoms with Crippen LogP contribution >= 0.6 is 11.6 Å². The topological polar surface area (TPSA) is 119 Å². The van der Waals surface area contributed by atoms with Crippen LogP contribution in [0.1, 0.15) is 62.5 Å². The quantitative estimate of drug-likeness (QED) is 0.392.